The van der Waals surface area contributed by atoms with E-state index >= 15 is 0 Å². The van der Waals surface area contributed by atoms with Crippen molar-refractivity contribution in [2.24, 2.45) is 7.05 Å². The van der Waals surface area contributed by atoms with Gasteiger partial charge in [0.1, 0.15) is 17.9 Å². The van der Waals surface area contributed by atoms with Crippen molar-refractivity contribution in [2.45, 2.75) is 20.0 Å². The molecule has 2 aromatic heterocycles. The van der Waals surface area contributed by atoms with E-state index in [1.807, 2.05) is 26.0 Å². The fourth-order valence-electron chi connectivity index (χ4n) is 3.74. The van der Waals surface area contributed by atoms with Crippen LogP contribution in [-0.2, 0) is 7.05 Å². The number of nitrogens with two attached hydrogens (primary N) is 1. The lowest BCUT2D eigenvalue weighted by Gasteiger charge is -2.31. The van der Waals surface area contributed by atoms with Crippen molar-refractivity contribution in [2.75, 3.05) is 24.8 Å². The van der Waals surface area contributed by atoms with Crippen LogP contribution >= 0.6 is 0 Å². The molecule has 0 aliphatic carbocycles. The summed E-state index contributed by atoms with van der Waals surface area (Å²) in [6.07, 6.45) is 1.12. The lowest BCUT2D eigenvalue weighted by Crippen LogP contribution is -2.42. The first-order valence-electron chi connectivity index (χ1n) is 9.74. The maximum absolute atomic E-state index is 13.5. The van der Waals surface area contributed by atoms with Crippen LogP contribution in [-0.4, -0.2) is 39.8 Å². The molecule has 9 nitrogen and oxygen atoms in total. The number of fused-ring (bicyclic) bond motifs is 5. The third kappa shape index (κ3) is 3.22. The second-order valence-electron chi connectivity index (χ2n) is 7.59. The van der Waals surface area contributed by atoms with Crippen molar-refractivity contribution in [1.29, 1.82) is 5.26 Å². The molecule has 1 aliphatic rings. The van der Waals surface area contributed by atoms with Crippen LogP contribution in [0.5, 0.6) is 5.75 Å². The second kappa shape index (κ2) is 7.32. The highest BCUT2D eigenvalue weighted by molar-refractivity contribution is 5.97. The van der Waals surface area contributed by atoms with Gasteiger partial charge in [-0.25, -0.2) is 4.98 Å². The SMILES string of the molecule is Cc1ccc2c(c1)[C@@H](C)Oc1cc(cnc1N)-c1c(nn(C)c1C#N)N(C)N(C)C2=O. The van der Waals surface area contributed by atoms with Gasteiger partial charge in [0.25, 0.3) is 5.91 Å². The molecule has 158 valence electrons. The van der Waals surface area contributed by atoms with E-state index in [1.165, 1.54) is 9.69 Å². The average molecular weight is 417 g/mol. The number of aromatic nitrogens is 3. The van der Waals surface area contributed by atoms with Gasteiger partial charge in [0.15, 0.2) is 17.4 Å². The number of ether oxygens (including phenoxy) is 1. The molecule has 4 rings (SSSR count). The molecular weight excluding hydrogens is 394 g/mol. The molecule has 3 aromatic rings. The summed E-state index contributed by atoms with van der Waals surface area (Å²) >= 11 is 0. The van der Waals surface area contributed by atoms with Gasteiger partial charge in [-0.15, -0.1) is 0 Å². The fourth-order valence-corrected chi connectivity index (χ4v) is 3.74. The summed E-state index contributed by atoms with van der Waals surface area (Å²) in [5, 5.41) is 17.4. The van der Waals surface area contributed by atoms with Gasteiger partial charge in [-0.2, -0.15) is 10.4 Å². The molecule has 0 saturated carbocycles. The minimum absolute atomic E-state index is 0.224. The molecule has 0 saturated heterocycles. The van der Waals surface area contributed by atoms with Crippen LogP contribution in [0.2, 0.25) is 0 Å². The van der Waals surface area contributed by atoms with Crippen molar-refractivity contribution in [3.63, 3.8) is 0 Å². The first-order valence-corrected chi connectivity index (χ1v) is 9.74. The number of nitriles is 1. The number of amides is 1. The average Bonchev–Trinajstić information content (AvgIpc) is 3.09. The van der Waals surface area contributed by atoms with E-state index in [0.717, 1.165) is 11.1 Å². The van der Waals surface area contributed by atoms with Crippen molar-refractivity contribution >= 4 is 17.5 Å². The van der Waals surface area contributed by atoms with E-state index in [0.29, 0.717) is 34.0 Å². The third-order valence-electron chi connectivity index (χ3n) is 5.53. The maximum Gasteiger partial charge on any atom is 0.272 e. The molecule has 1 atom stereocenters. The number of benzene rings is 1. The summed E-state index contributed by atoms with van der Waals surface area (Å²) in [6.45, 7) is 3.83. The lowest BCUT2D eigenvalue weighted by molar-refractivity contribution is 0.0780. The number of carbonyl (C=O) groups is 1. The highest BCUT2D eigenvalue weighted by atomic mass is 16.5. The summed E-state index contributed by atoms with van der Waals surface area (Å²) in [5.41, 5.74) is 9.85. The van der Waals surface area contributed by atoms with Gasteiger partial charge < -0.3 is 10.5 Å². The van der Waals surface area contributed by atoms with Gasteiger partial charge in [0.05, 0.1) is 5.56 Å². The standard InChI is InChI=1S/C22H23N7O2/c1-12-6-7-15-16(8-12)13(2)31-18-9-14(11-25-20(18)24)19-17(10-23)27(3)26-21(19)28(4)29(5)22(15)30/h6-9,11,13H,1-5H3,(H2,24,25)/t13-/m1/s1. The van der Waals surface area contributed by atoms with E-state index in [-0.39, 0.29) is 11.7 Å². The predicted octanol–water partition coefficient (Wildman–Crippen LogP) is 2.82. The first-order chi connectivity index (χ1) is 14.7. The zero-order chi connectivity index (χ0) is 22.4. The van der Waals surface area contributed by atoms with E-state index < -0.39 is 6.10 Å². The molecule has 0 spiro atoms. The van der Waals surface area contributed by atoms with Crippen molar-refractivity contribution in [3.05, 3.63) is 52.8 Å². The van der Waals surface area contributed by atoms with Gasteiger partial charge in [-0.1, -0.05) is 17.7 Å². The number of aryl methyl sites for hydroxylation is 2. The first kappa shape index (κ1) is 20.2. The van der Waals surface area contributed by atoms with E-state index in [2.05, 4.69) is 16.2 Å². The number of rotatable bonds is 0. The maximum atomic E-state index is 13.5. The van der Waals surface area contributed by atoms with Crippen LogP contribution in [0.1, 0.15) is 40.2 Å². The Morgan fingerprint density at radius 3 is 2.65 bits per heavy atom. The molecule has 9 heteroatoms. The van der Waals surface area contributed by atoms with Crippen LogP contribution in [0, 0.1) is 18.3 Å². The number of pyridine rings is 1. The number of nitrogens with zero attached hydrogens (tertiary/aromatic N) is 6. The third-order valence-corrected chi connectivity index (χ3v) is 5.53. The predicted molar refractivity (Wildman–Crippen MR) is 116 cm³/mol. The van der Waals surface area contributed by atoms with Crippen LogP contribution in [0.3, 0.4) is 0 Å². The van der Waals surface area contributed by atoms with E-state index in [1.54, 1.807) is 44.5 Å². The molecule has 3 heterocycles. The molecule has 1 aromatic carbocycles. The van der Waals surface area contributed by atoms with Crippen molar-refractivity contribution in [1.82, 2.24) is 19.8 Å². The number of nitrogen functional groups attached to an aromatic ring is 1. The van der Waals surface area contributed by atoms with Crippen molar-refractivity contribution < 1.29 is 9.53 Å². The zero-order valence-electron chi connectivity index (χ0n) is 18.0. The Morgan fingerprint density at radius 1 is 1.19 bits per heavy atom. The molecule has 2 bridgehead atoms. The van der Waals surface area contributed by atoms with Crippen LogP contribution in [0.25, 0.3) is 11.1 Å². The Morgan fingerprint density at radius 2 is 1.94 bits per heavy atom. The molecule has 0 unspecified atom stereocenters. The Hall–Kier alpha value is -4.06. The van der Waals surface area contributed by atoms with E-state index in [4.69, 9.17) is 10.5 Å². The summed E-state index contributed by atoms with van der Waals surface area (Å²) in [4.78, 5) is 17.7. The Kier molecular flexibility index (Phi) is 4.78. The largest absolute Gasteiger partial charge is 0.482 e. The van der Waals surface area contributed by atoms with E-state index in [9.17, 15) is 10.1 Å². The Bertz CT molecular complexity index is 1240. The van der Waals surface area contributed by atoms with Gasteiger partial charge in [0.2, 0.25) is 0 Å². The minimum Gasteiger partial charge on any atom is -0.482 e. The molecule has 1 amide bonds. The highest BCUT2D eigenvalue weighted by Crippen LogP contribution is 2.38. The Balaban J connectivity index is 2.03. The zero-order valence-corrected chi connectivity index (χ0v) is 18.0. The molecule has 0 radical (unpaired) electrons. The fraction of sp³-hybridized carbons (Fsp3) is 0.273. The minimum atomic E-state index is -0.458. The molecule has 0 fully saturated rings. The molecule has 31 heavy (non-hydrogen) atoms. The number of hydrogen-bond acceptors (Lipinski definition) is 7. The molecule has 1 aliphatic heterocycles. The molecule has 2 N–H and O–H groups in total. The van der Waals surface area contributed by atoms with Crippen LogP contribution < -0.4 is 15.5 Å². The summed E-state index contributed by atoms with van der Waals surface area (Å²) in [7, 11) is 5.08. The normalized spacial score (nSPS) is 15.9. The van der Waals surface area contributed by atoms with Gasteiger partial charge in [0, 0.05) is 44.0 Å². The lowest BCUT2D eigenvalue weighted by atomic mass is 9.99. The second-order valence-corrected chi connectivity index (χ2v) is 7.59. The van der Waals surface area contributed by atoms with Gasteiger partial charge in [-0.3, -0.25) is 19.5 Å². The number of anilines is 2. The van der Waals surface area contributed by atoms with Crippen LogP contribution in [0.4, 0.5) is 11.6 Å². The topological polar surface area (TPSA) is 113 Å². The van der Waals surface area contributed by atoms with Gasteiger partial charge >= 0.3 is 0 Å². The van der Waals surface area contributed by atoms with Gasteiger partial charge in [-0.05, 0) is 26.0 Å². The quantitative estimate of drug-likeness (QED) is 0.598. The van der Waals surface area contributed by atoms with Crippen molar-refractivity contribution in [3.8, 4) is 22.9 Å². The smallest absolute Gasteiger partial charge is 0.272 e. The highest BCUT2D eigenvalue weighted by Gasteiger charge is 2.29. The number of carbonyl (C=O) groups excluding carboxylic acids is 1. The van der Waals surface area contributed by atoms with Crippen LogP contribution in [0.15, 0.2) is 30.5 Å². The summed E-state index contributed by atoms with van der Waals surface area (Å²) in [6, 6.07) is 9.56. The Labute approximate surface area is 180 Å². The molecular formula is C22H23N7O2. The monoisotopic (exact) mass is 417 g/mol. The summed E-state index contributed by atoms with van der Waals surface area (Å²) < 4.78 is 7.65. The number of hydrazine groups is 1. The summed E-state index contributed by atoms with van der Waals surface area (Å²) in [5.74, 6) is 0.816. The number of hydrogen-bond donors (Lipinski definition) is 1.